The van der Waals surface area contributed by atoms with Gasteiger partial charge < -0.3 is 9.73 Å². The molecule has 3 aromatic rings. The number of carbonyl (C=O) groups excluding carboxylic acids is 1. The lowest BCUT2D eigenvalue weighted by Crippen LogP contribution is -2.26. The van der Waals surface area contributed by atoms with Crippen molar-refractivity contribution in [1.29, 1.82) is 0 Å². The number of halogens is 1. The SMILES string of the molecule is CC(NC(=O)c1cc2cccc(Br)c2o1)c1cccc(NS(C)(=O)=O)c1. The zero-order valence-corrected chi connectivity index (χ0v) is 16.5. The van der Waals surface area contributed by atoms with Gasteiger partial charge in [0.15, 0.2) is 5.76 Å². The highest BCUT2D eigenvalue weighted by Crippen LogP contribution is 2.27. The summed E-state index contributed by atoms with van der Waals surface area (Å²) in [6, 6.07) is 13.8. The predicted octanol–water partition coefficient (Wildman–Crippen LogP) is 4.06. The summed E-state index contributed by atoms with van der Waals surface area (Å²) in [5.41, 5.74) is 1.83. The molecular weight excluding hydrogens is 420 g/mol. The first kappa shape index (κ1) is 18.5. The Morgan fingerprint density at radius 2 is 1.88 bits per heavy atom. The van der Waals surface area contributed by atoms with Gasteiger partial charge in [0.1, 0.15) is 5.58 Å². The number of anilines is 1. The molecule has 1 atom stereocenters. The Morgan fingerprint density at radius 3 is 2.58 bits per heavy atom. The fourth-order valence-corrected chi connectivity index (χ4v) is 3.59. The van der Waals surface area contributed by atoms with E-state index in [1.165, 1.54) is 0 Å². The van der Waals surface area contributed by atoms with Gasteiger partial charge in [0.2, 0.25) is 10.0 Å². The molecule has 1 aromatic heterocycles. The average Bonchev–Trinajstić information content (AvgIpc) is 2.99. The number of benzene rings is 2. The molecule has 0 aliphatic rings. The highest BCUT2D eigenvalue weighted by Gasteiger charge is 2.17. The second kappa shape index (κ2) is 7.13. The summed E-state index contributed by atoms with van der Waals surface area (Å²) in [7, 11) is -3.36. The lowest BCUT2D eigenvalue weighted by molar-refractivity contribution is 0.0914. The fraction of sp³-hybridized carbons (Fsp3) is 0.167. The van der Waals surface area contributed by atoms with Gasteiger partial charge >= 0.3 is 0 Å². The number of para-hydroxylation sites is 1. The van der Waals surface area contributed by atoms with E-state index in [-0.39, 0.29) is 17.7 Å². The first-order valence-corrected chi connectivity index (χ1v) is 10.5. The van der Waals surface area contributed by atoms with Crippen molar-refractivity contribution in [3.63, 3.8) is 0 Å². The maximum atomic E-state index is 12.5. The van der Waals surface area contributed by atoms with Crippen LogP contribution in [0, 0.1) is 0 Å². The van der Waals surface area contributed by atoms with Gasteiger partial charge in [0.05, 0.1) is 16.8 Å². The second-order valence-corrected chi connectivity index (χ2v) is 8.57. The molecule has 1 amide bonds. The summed E-state index contributed by atoms with van der Waals surface area (Å²) in [5.74, 6) is -0.133. The number of sulfonamides is 1. The highest BCUT2D eigenvalue weighted by atomic mass is 79.9. The molecule has 3 rings (SSSR count). The first-order valence-electron chi connectivity index (χ1n) is 7.79. The Morgan fingerprint density at radius 1 is 1.15 bits per heavy atom. The van der Waals surface area contributed by atoms with Crippen molar-refractivity contribution in [3.8, 4) is 0 Å². The van der Waals surface area contributed by atoms with Crippen LogP contribution in [0.3, 0.4) is 0 Å². The predicted molar refractivity (Wildman–Crippen MR) is 105 cm³/mol. The van der Waals surface area contributed by atoms with Gasteiger partial charge in [0, 0.05) is 11.1 Å². The van der Waals surface area contributed by atoms with Crippen LogP contribution >= 0.6 is 15.9 Å². The van der Waals surface area contributed by atoms with E-state index >= 15 is 0 Å². The molecule has 2 N–H and O–H groups in total. The molecule has 6 nitrogen and oxygen atoms in total. The number of rotatable bonds is 5. The molecule has 0 saturated heterocycles. The van der Waals surface area contributed by atoms with E-state index in [4.69, 9.17) is 4.42 Å². The third-order valence-electron chi connectivity index (χ3n) is 3.76. The van der Waals surface area contributed by atoms with Gasteiger partial charge in [-0.05, 0) is 52.7 Å². The Hall–Kier alpha value is -2.32. The van der Waals surface area contributed by atoms with Crippen LogP contribution in [0.2, 0.25) is 0 Å². The summed E-state index contributed by atoms with van der Waals surface area (Å²) in [6.07, 6.45) is 1.09. The summed E-state index contributed by atoms with van der Waals surface area (Å²) >= 11 is 3.40. The number of fused-ring (bicyclic) bond motifs is 1. The van der Waals surface area contributed by atoms with Crippen LogP contribution in [-0.4, -0.2) is 20.6 Å². The molecule has 0 aliphatic carbocycles. The Balaban J connectivity index is 1.78. The molecule has 0 aliphatic heterocycles. The van der Waals surface area contributed by atoms with Crippen LogP contribution in [0.4, 0.5) is 5.69 Å². The van der Waals surface area contributed by atoms with Crippen molar-refractivity contribution in [3.05, 3.63) is 64.3 Å². The van der Waals surface area contributed by atoms with Crippen molar-refractivity contribution >= 4 is 48.5 Å². The van der Waals surface area contributed by atoms with Crippen LogP contribution in [0.15, 0.2) is 57.4 Å². The maximum absolute atomic E-state index is 12.5. The quantitative estimate of drug-likeness (QED) is 0.630. The molecule has 2 aromatic carbocycles. The Kier molecular flexibility index (Phi) is 5.06. The van der Waals surface area contributed by atoms with E-state index in [2.05, 4.69) is 26.0 Å². The van der Waals surface area contributed by atoms with Gasteiger partial charge in [0.25, 0.3) is 5.91 Å². The van der Waals surface area contributed by atoms with E-state index in [9.17, 15) is 13.2 Å². The summed E-state index contributed by atoms with van der Waals surface area (Å²) in [6.45, 7) is 1.82. The largest absolute Gasteiger partial charge is 0.450 e. The van der Waals surface area contributed by atoms with Crippen LogP contribution in [0.5, 0.6) is 0 Å². The van der Waals surface area contributed by atoms with Gasteiger partial charge in [-0.2, -0.15) is 0 Å². The molecule has 1 heterocycles. The lowest BCUT2D eigenvalue weighted by Gasteiger charge is -2.15. The molecule has 0 fully saturated rings. The van der Waals surface area contributed by atoms with Crippen molar-refractivity contribution in [2.24, 2.45) is 0 Å². The number of furan rings is 1. The fourth-order valence-electron chi connectivity index (χ4n) is 2.58. The molecule has 1 unspecified atom stereocenters. The third kappa shape index (κ3) is 4.25. The van der Waals surface area contributed by atoms with Crippen LogP contribution in [0.25, 0.3) is 11.0 Å². The normalized spacial score (nSPS) is 12.7. The molecule has 136 valence electrons. The number of carbonyl (C=O) groups is 1. The van der Waals surface area contributed by atoms with Crippen molar-refractivity contribution < 1.29 is 17.6 Å². The lowest BCUT2D eigenvalue weighted by atomic mass is 10.1. The summed E-state index contributed by atoms with van der Waals surface area (Å²) in [4.78, 5) is 12.5. The Bertz CT molecular complexity index is 1080. The first-order chi connectivity index (χ1) is 12.2. The molecule has 8 heteroatoms. The molecule has 0 bridgehead atoms. The summed E-state index contributed by atoms with van der Waals surface area (Å²) in [5, 5.41) is 3.69. The molecule has 0 radical (unpaired) electrons. The maximum Gasteiger partial charge on any atom is 0.287 e. The minimum absolute atomic E-state index is 0.212. The van der Waals surface area contributed by atoms with Crippen LogP contribution < -0.4 is 10.0 Å². The van der Waals surface area contributed by atoms with E-state index < -0.39 is 10.0 Å². The zero-order chi connectivity index (χ0) is 18.9. The van der Waals surface area contributed by atoms with E-state index in [1.807, 2.05) is 31.2 Å². The van der Waals surface area contributed by atoms with Crippen molar-refractivity contribution in [2.75, 3.05) is 11.0 Å². The number of nitrogens with one attached hydrogen (secondary N) is 2. The van der Waals surface area contributed by atoms with Gasteiger partial charge in [-0.25, -0.2) is 8.42 Å². The third-order valence-corrected chi connectivity index (χ3v) is 4.99. The van der Waals surface area contributed by atoms with Crippen molar-refractivity contribution in [1.82, 2.24) is 5.32 Å². The smallest absolute Gasteiger partial charge is 0.287 e. The monoisotopic (exact) mass is 436 g/mol. The molecule has 0 spiro atoms. The standard InChI is InChI=1S/C18H17BrN2O4S/c1-11(12-5-3-7-14(9-12)21-26(2,23)24)20-18(22)16-10-13-6-4-8-15(19)17(13)25-16/h3-11,21H,1-2H3,(H,20,22). The minimum atomic E-state index is -3.36. The zero-order valence-electron chi connectivity index (χ0n) is 14.1. The van der Waals surface area contributed by atoms with Crippen LogP contribution in [0.1, 0.15) is 29.1 Å². The number of hydrogen-bond donors (Lipinski definition) is 2. The van der Waals surface area contributed by atoms with Gasteiger partial charge in [-0.15, -0.1) is 0 Å². The molecular formula is C18H17BrN2O4S. The Labute approximate surface area is 159 Å². The number of hydrogen-bond acceptors (Lipinski definition) is 4. The topological polar surface area (TPSA) is 88.4 Å². The highest BCUT2D eigenvalue weighted by molar-refractivity contribution is 9.10. The molecule has 26 heavy (non-hydrogen) atoms. The van der Waals surface area contributed by atoms with Gasteiger partial charge in [-0.3, -0.25) is 9.52 Å². The van der Waals surface area contributed by atoms with E-state index in [1.54, 1.807) is 24.3 Å². The van der Waals surface area contributed by atoms with E-state index in [0.717, 1.165) is 21.7 Å². The average molecular weight is 437 g/mol. The van der Waals surface area contributed by atoms with E-state index in [0.29, 0.717) is 11.3 Å². The summed E-state index contributed by atoms with van der Waals surface area (Å²) < 4.78 is 31.6. The minimum Gasteiger partial charge on any atom is -0.450 e. The number of amides is 1. The van der Waals surface area contributed by atoms with Crippen LogP contribution in [-0.2, 0) is 10.0 Å². The molecule has 0 saturated carbocycles. The van der Waals surface area contributed by atoms with Gasteiger partial charge in [-0.1, -0.05) is 24.3 Å². The second-order valence-electron chi connectivity index (χ2n) is 5.96. The van der Waals surface area contributed by atoms with Crippen molar-refractivity contribution in [2.45, 2.75) is 13.0 Å².